The van der Waals surface area contributed by atoms with E-state index in [2.05, 4.69) is 15.9 Å². The molecule has 1 saturated heterocycles. The highest BCUT2D eigenvalue weighted by Gasteiger charge is 2.34. The smallest absolute Gasteiger partial charge is 0.276 e. The van der Waals surface area contributed by atoms with E-state index < -0.39 is 0 Å². The van der Waals surface area contributed by atoms with Gasteiger partial charge in [0.2, 0.25) is 0 Å². The molecule has 1 aliphatic rings. The number of nitrogens with zero attached hydrogens (tertiary/aromatic N) is 2. The predicted molar refractivity (Wildman–Crippen MR) is 92.7 cm³/mol. The van der Waals surface area contributed by atoms with Gasteiger partial charge in [0.05, 0.1) is 6.61 Å². The van der Waals surface area contributed by atoms with Gasteiger partial charge in [-0.05, 0) is 44.3 Å². The van der Waals surface area contributed by atoms with E-state index in [0.29, 0.717) is 35.3 Å². The van der Waals surface area contributed by atoms with Gasteiger partial charge in [0, 0.05) is 23.6 Å². The van der Waals surface area contributed by atoms with Gasteiger partial charge in [-0.25, -0.2) is 0 Å². The average Bonchev–Trinajstić information content (AvgIpc) is 2.67. The molecule has 2 rings (SSSR count). The molecule has 1 N–H and O–H groups in total. The second-order valence-corrected chi connectivity index (χ2v) is 5.98. The first-order chi connectivity index (χ1) is 10.4. The second-order valence-electron chi connectivity index (χ2n) is 4.70. The molecule has 0 aliphatic carbocycles. The van der Waals surface area contributed by atoms with E-state index in [0.717, 1.165) is 4.47 Å². The molecule has 0 radical (unpaired) electrons. The van der Waals surface area contributed by atoms with Crippen molar-refractivity contribution in [3.8, 4) is 11.5 Å². The van der Waals surface area contributed by atoms with E-state index in [1.807, 2.05) is 13.8 Å². The quantitative estimate of drug-likeness (QED) is 0.638. The van der Waals surface area contributed by atoms with E-state index in [1.54, 1.807) is 30.2 Å². The molecule has 1 aliphatic heterocycles. The summed E-state index contributed by atoms with van der Waals surface area (Å²) in [7, 11) is 1.74. The predicted octanol–water partition coefficient (Wildman–Crippen LogP) is 2.97. The Morgan fingerprint density at radius 1 is 1.41 bits per heavy atom. The number of phenols is 1. The standard InChI is InChI=1S/C15H17BrN2O3S/c1-4-18-14(20)11(17(3)15(18)22)7-9-6-10(16)8-12(13(9)19)21-5-2/h6-8,19H,4-5H2,1-3H3. The Bertz CT molecular complexity index is 660. The lowest BCUT2D eigenvalue weighted by molar-refractivity contribution is -0.122. The summed E-state index contributed by atoms with van der Waals surface area (Å²) < 4.78 is 6.15. The van der Waals surface area contributed by atoms with Crippen LogP contribution in [-0.2, 0) is 4.79 Å². The summed E-state index contributed by atoms with van der Waals surface area (Å²) in [6.07, 6.45) is 1.62. The highest BCUT2D eigenvalue weighted by Crippen LogP contribution is 2.36. The van der Waals surface area contributed by atoms with Crippen LogP contribution in [0, 0.1) is 0 Å². The van der Waals surface area contributed by atoms with Crippen molar-refractivity contribution in [3.63, 3.8) is 0 Å². The number of rotatable bonds is 4. The highest BCUT2D eigenvalue weighted by molar-refractivity contribution is 9.10. The number of carbonyl (C=O) groups excluding carboxylic acids is 1. The first-order valence-electron chi connectivity index (χ1n) is 6.87. The minimum Gasteiger partial charge on any atom is -0.504 e. The van der Waals surface area contributed by atoms with Crippen molar-refractivity contribution in [3.05, 3.63) is 27.9 Å². The zero-order valence-corrected chi connectivity index (χ0v) is 15.0. The molecule has 1 aromatic carbocycles. The molecule has 1 heterocycles. The molecule has 1 fully saturated rings. The Morgan fingerprint density at radius 3 is 2.64 bits per heavy atom. The number of hydrogen-bond acceptors (Lipinski definition) is 4. The van der Waals surface area contributed by atoms with Crippen LogP contribution in [0.15, 0.2) is 22.3 Å². The second kappa shape index (κ2) is 6.66. The van der Waals surface area contributed by atoms with E-state index in [4.69, 9.17) is 17.0 Å². The summed E-state index contributed by atoms with van der Waals surface area (Å²) in [5.74, 6) is 0.193. The Labute approximate surface area is 143 Å². The monoisotopic (exact) mass is 384 g/mol. The third kappa shape index (κ3) is 2.96. The van der Waals surface area contributed by atoms with Crippen LogP contribution >= 0.6 is 28.1 Å². The molecular weight excluding hydrogens is 368 g/mol. The topological polar surface area (TPSA) is 53.0 Å². The number of likely N-dealkylation sites (N-methyl/N-ethyl adjacent to an activating group) is 2. The number of thiocarbonyl (C=S) groups is 1. The van der Waals surface area contributed by atoms with Crippen molar-refractivity contribution in [1.82, 2.24) is 9.80 Å². The van der Waals surface area contributed by atoms with Crippen molar-refractivity contribution >= 4 is 45.2 Å². The largest absolute Gasteiger partial charge is 0.504 e. The lowest BCUT2D eigenvalue weighted by atomic mass is 10.1. The van der Waals surface area contributed by atoms with Gasteiger partial charge in [-0.1, -0.05) is 15.9 Å². The summed E-state index contributed by atoms with van der Waals surface area (Å²) in [5.41, 5.74) is 0.913. The van der Waals surface area contributed by atoms with Crippen LogP contribution in [0.25, 0.3) is 6.08 Å². The number of phenolic OH excluding ortho intramolecular Hbond substituents is 1. The molecule has 0 aromatic heterocycles. The lowest BCUT2D eigenvalue weighted by Gasteiger charge is -2.13. The molecule has 0 bridgehead atoms. The van der Waals surface area contributed by atoms with Gasteiger partial charge in [0.1, 0.15) is 5.70 Å². The van der Waals surface area contributed by atoms with Gasteiger partial charge in [-0.3, -0.25) is 9.69 Å². The summed E-state index contributed by atoms with van der Waals surface area (Å²) >= 11 is 8.63. The van der Waals surface area contributed by atoms with E-state index >= 15 is 0 Å². The molecular formula is C15H17BrN2O3S. The van der Waals surface area contributed by atoms with Crippen molar-refractivity contribution in [2.24, 2.45) is 0 Å². The maximum Gasteiger partial charge on any atom is 0.276 e. The van der Waals surface area contributed by atoms with Crippen LogP contribution in [0.3, 0.4) is 0 Å². The average molecular weight is 385 g/mol. The minimum atomic E-state index is -0.174. The van der Waals surface area contributed by atoms with E-state index in [1.165, 1.54) is 4.90 Å². The van der Waals surface area contributed by atoms with E-state index in [-0.39, 0.29) is 11.7 Å². The Hall–Kier alpha value is -1.60. The Balaban J connectivity index is 2.49. The molecule has 7 heteroatoms. The number of ether oxygens (including phenoxy) is 1. The number of aromatic hydroxyl groups is 1. The van der Waals surface area contributed by atoms with Gasteiger partial charge < -0.3 is 14.7 Å². The molecule has 0 unspecified atom stereocenters. The molecule has 118 valence electrons. The van der Waals surface area contributed by atoms with Gasteiger partial charge in [-0.15, -0.1) is 0 Å². The Kier molecular flexibility index (Phi) is 5.08. The lowest BCUT2D eigenvalue weighted by Crippen LogP contribution is -2.30. The number of amides is 1. The van der Waals surface area contributed by atoms with Gasteiger partial charge in [0.25, 0.3) is 5.91 Å². The van der Waals surface area contributed by atoms with Crippen molar-refractivity contribution in [2.45, 2.75) is 13.8 Å². The zero-order chi connectivity index (χ0) is 16.4. The normalized spacial score (nSPS) is 16.8. The van der Waals surface area contributed by atoms with Crippen LogP contribution < -0.4 is 4.74 Å². The maximum absolute atomic E-state index is 12.4. The van der Waals surface area contributed by atoms with Crippen LogP contribution in [0.4, 0.5) is 0 Å². The number of halogens is 1. The number of carbonyl (C=O) groups is 1. The van der Waals surface area contributed by atoms with Crippen LogP contribution in [0.1, 0.15) is 19.4 Å². The number of benzene rings is 1. The third-order valence-electron chi connectivity index (χ3n) is 3.32. The van der Waals surface area contributed by atoms with Crippen molar-refractivity contribution < 1.29 is 14.6 Å². The van der Waals surface area contributed by atoms with Crippen LogP contribution in [-0.4, -0.2) is 46.1 Å². The van der Waals surface area contributed by atoms with Gasteiger partial charge in [-0.2, -0.15) is 0 Å². The summed E-state index contributed by atoms with van der Waals surface area (Å²) in [5, 5.41) is 10.8. The summed E-state index contributed by atoms with van der Waals surface area (Å²) in [6, 6.07) is 3.41. The first-order valence-corrected chi connectivity index (χ1v) is 8.07. The van der Waals surface area contributed by atoms with Crippen LogP contribution in [0.5, 0.6) is 11.5 Å². The highest BCUT2D eigenvalue weighted by atomic mass is 79.9. The molecule has 0 spiro atoms. The summed E-state index contributed by atoms with van der Waals surface area (Å²) in [4.78, 5) is 15.5. The minimum absolute atomic E-state index is 0.000355. The molecule has 0 saturated carbocycles. The molecule has 0 atom stereocenters. The fraction of sp³-hybridized carbons (Fsp3) is 0.333. The van der Waals surface area contributed by atoms with Crippen molar-refractivity contribution in [1.29, 1.82) is 0 Å². The third-order valence-corrected chi connectivity index (χ3v) is 4.27. The van der Waals surface area contributed by atoms with Gasteiger partial charge >= 0.3 is 0 Å². The fourth-order valence-electron chi connectivity index (χ4n) is 2.21. The SMILES string of the molecule is CCOc1cc(Br)cc(C=C2C(=O)N(CC)C(=S)N2C)c1O. The molecule has 22 heavy (non-hydrogen) atoms. The van der Waals surface area contributed by atoms with Gasteiger partial charge in [0.15, 0.2) is 16.6 Å². The molecule has 1 amide bonds. The first kappa shape index (κ1) is 16.8. The fourth-order valence-corrected chi connectivity index (χ4v) is 2.97. The van der Waals surface area contributed by atoms with Crippen LogP contribution in [0.2, 0.25) is 0 Å². The zero-order valence-electron chi connectivity index (χ0n) is 12.6. The van der Waals surface area contributed by atoms with Crippen molar-refractivity contribution in [2.75, 3.05) is 20.2 Å². The number of hydrogen-bond donors (Lipinski definition) is 1. The molecule has 5 nitrogen and oxygen atoms in total. The molecule has 1 aromatic rings. The summed E-state index contributed by atoms with van der Waals surface area (Å²) in [6.45, 7) is 4.65. The van der Waals surface area contributed by atoms with E-state index in [9.17, 15) is 9.90 Å². The maximum atomic E-state index is 12.4. The Morgan fingerprint density at radius 2 is 2.09 bits per heavy atom.